The van der Waals surface area contributed by atoms with Crippen molar-refractivity contribution in [3.63, 3.8) is 0 Å². The van der Waals surface area contributed by atoms with Gasteiger partial charge >= 0.3 is 0 Å². The molecule has 16 heavy (non-hydrogen) atoms. The largest absolute Gasteiger partial charge is 0.495 e. The minimum absolute atomic E-state index is 0.276. The molecule has 0 radical (unpaired) electrons. The van der Waals surface area contributed by atoms with Crippen molar-refractivity contribution in [1.29, 1.82) is 0 Å². The number of anilines is 1. The number of halogens is 2. The van der Waals surface area contributed by atoms with Gasteiger partial charge in [-0.2, -0.15) is 0 Å². The number of rotatable bonds is 3. The van der Waals surface area contributed by atoms with Gasteiger partial charge in [0.1, 0.15) is 11.1 Å². The number of nitrogens with one attached hydrogen (secondary N) is 1. The summed E-state index contributed by atoms with van der Waals surface area (Å²) < 4.78 is 5.12. The molecule has 0 fully saturated rings. The zero-order valence-electron chi connectivity index (χ0n) is 9.30. The second kappa shape index (κ2) is 5.41. The van der Waals surface area contributed by atoms with Gasteiger partial charge in [0.25, 0.3) is 0 Å². The van der Waals surface area contributed by atoms with Crippen molar-refractivity contribution in [3.8, 4) is 5.75 Å². The highest BCUT2D eigenvalue weighted by molar-refractivity contribution is 6.33. The van der Waals surface area contributed by atoms with Crippen LogP contribution >= 0.6 is 23.2 Å². The van der Waals surface area contributed by atoms with Gasteiger partial charge in [0, 0.05) is 11.1 Å². The molecule has 88 valence electrons. The maximum absolute atomic E-state index is 11.4. The lowest BCUT2D eigenvalue weighted by Crippen LogP contribution is -2.20. The molecule has 1 N–H and O–H groups in total. The fraction of sp³-hybridized carbons (Fsp3) is 0.364. The Morgan fingerprint density at radius 1 is 1.50 bits per heavy atom. The van der Waals surface area contributed by atoms with Gasteiger partial charge in [0.15, 0.2) is 0 Å². The lowest BCUT2D eigenvalue weighted by Gasteiger charge is -2.12. The lowest BCUT2D eigenvalue weighted by molar-refractivity contribution is -0.115. The summed E-state index contributed by atoms with van der Waals surface area (Å²) in [5.41, 5.74) is 1.43. The molecule has 0 bridgehead atoms. The second-order valence-electron chi connectivity index (χ2n) is 3.41. The van der Waals surface area contributed by atoms with E-state index >= 15 is 0 Å². The third-order valence-corrected chi connectivity index (χ3v) is 2.71. The van der Waals surface area contributed by atoms with Gasteiger partial charge in [0.2, 0.25) is 5.91 Å². The molecule has 0 saturated carbocycles. The Kier molecular flexibility index (Phi) is 4.44. The fourth-order valence-corrected chi connectivity index (χ4v) is 1.37. The van der Waals surface area contributed by atoms with Crippen LogP contribution in [0, 0.1) is 6.92 Å². The Morgan fingerprint density at radius 2 is 2.12 bits per heavy atom. The summed E-state index contributed by atoms with van der Waals surface area (Å²) >= 11 is 11.6. The van der Waals surface area contributed by atoms with E-state index < -0.39 is 5.38 Å². The normalized spacial score (nSPS) is 12.1. The summed E-state index contributed by atoms with van der Waals surface area (Å²) in [6.07, 6.45) is 0. The van der Waals surface area contributed by atoms with E-state index in [0.29, 0.717) is 16.5 Å². The Balaban J connectivity index is 3.03. The smallest absolute Gasteiger partial charge is 0.242 e. The summed E-state index contributed by atoms with van der Waals surface area (Å²) in [7, 11) is 1.51. The van der Waals surface area contributed by atoms with Crippen LogP contribution in [0.5, 0.6) is 5.75 Å². The Hall–Kier alpha value is -0.930. The first-order valence-electron chi connectivity index (χ1n) is 4.74. The molecule has 1 rings (SSSR count). The number of carbonyl (C=O) groups excluding carboxylic acids is 1. The molecule has 1 unspecified atom stereocenters. The first-order valence-corrected chi connectivity index (χ1v) is 5.56. The monoisotopic (exact) mass is 261 g/mol. The van der Waals surface area contributed by atoms with E-state index in [9.17, 15) is 4.79 Å². The molecular formula is C11H13Cl2NO2. The van der Waals surface area contributed by atoms with Gasteiger partial charge in [-0.1, -0.05) is 11.6 Å². The molecule has 0 heterocycles. The number of aryl methyl sites for hydroxylation is 1. The van der Waals surface area contributed by atoms with Crippen LogP contribution in [-0.4, -0.2) is 18.4 Å². The van der Waals surface area contributed by atoms with Crippen molar-refractivity contribution in [2.45, 2.75) is 19.2 Å². The molecule has 3 nitrogen and oxygen atoms in total. The topological polar surface area (TPSA) is 38.3 Å². The molecule has 0 spiro atoms. The SMILES string of the molecule is COc1cc(Cl)c(C)cc1NC(=O)C(C)Cl. The van der Waals surface area contributed by atoms with Gasteiger partial charge < -0.3 is 10.1 Å². The summed E-state index contributed by atoms with van der Waals surface area (Å²) in [6.45, 7) is 3.45. The zero-order valence-corrected chi connectivity index (χ0v) is 10.8. The number of carbonyl (C=O) groups is 1. The van der Waals surface area contributed by atoms with Crippen molar-refractivity contribution in [1.82, 2.24) is 0 Å². The maximum atomic E-state index is 11.4. The zero-order chi connectivity index (χ0) is 12.3. The Morgan fingerprint density at radius 3 is 2.62 bits per heavy atom. The number of hydrogen-bond acceptors (Lipinski definition) is 2. The predicted molar refractivity (Wildman–Crippen MR) is 66.7 cm³/mol. The average molecular weight is 262 g/mol. The van der Waals surface area contributed by atoms with Crippen molar-refractivity contribution in [3.05, 3.63) is 22.7 Å². The van der Waals surface area contributed by atoms with Gasteiger partial charge in [-0.25, -0.2) is 0 Å². The van der Waals surface area contributed by atoms with Gasteiger partial charge in [-0.15, -0.1) is 11.6 Å². The van der Waals surface area contributed by atoms with Gasteiger partial charge in [-0.05, 0) is 25.5 Å². The van der Waals surface area contributed by atoms with Crippen LogP contribution in [0.3, 0.4) is 0 Å². The second-order valence-corrected chi connectivity index (χ2v) is 4.47. The molecule has 1 atom stereocenters. The molecule has 5 heteroatoms. The van der Waals surface area contributed by atoms with Crippen LogP contribution in [0.25, 0.3) is 0 Å². The van der Waals surface area contributed by atoms with E-state index in [2.05, 4.69) is 5.32 Å². The minimum atomic E-state index is -0.597. The van der Waals surface area contributed by atoms with E-state index in [0.717, 1.165) is 5.56 Å². The van der Waals surface area contributed by atoms with Crippen molar-refractivity contribution >= 4 is 34.8 Å². The molecule has 1 aromatic carbocycles. The molecule has 0 aliphatic rings. The average Bonchev–Trinajstić information content (AvgIpc) is 2.22. The number of benzene rings is 1. The Bertz CT molecular complexity index is 405. The van der Waals surface area contributed by atoms with E-state index in [-0.39, 0.29) is 5.91 Å². The highest BCUT2D eigenvalue weighted by Gasteiger charge is 2.13. The van der Waals surface area contributed by atoms with E-state index in [1.807, 2.05) is 6.92 Å². The molecule has 1 amide bonds. The molecular weight excluding hydrogens is 249 g/mol. The maximum Gasteiger partial charge on any atom is 0.242 e. The van der Waals surface area contributed by atoms with Crippen LogP contribution in [-0.2, 0) is 4.79 Å². The summed E-state index contributed by atoms with van der Waals surface area (Å²) in [5, 5.41) is 2.67. The minimum Gasteiger partial charge on any atom is -0.495 e. The summed E-state index contributed by atoms with van der Waals surface area (Å²) in [4.78, 5) is 11.4. The summed E-state index contributed by atoms with van der Waals surface area (Å²) in [6, 6.07) is 3.41. The molecule has 0 aliphatic carbocycles. The number of methoxy groups -OCH3 is 1. The first kappa shape index (κ1) is 13.1. The first-order chi connectivity index (χ1) is 7.45. The van der Waals surface area contributed by atoms with E-state index in [1.165, 1.54) is 7.11 Å². The number of amides is 1. The molecule has 0 saturated heterocycles. The molecule has 1 aromatic rings. The highest BCUT2D eigenvalue weighted by atomic mass is 35.5. The van der Waals surface area contributed by atoms with Crippen molar-refractivity contribution < 1.29 is 9.53 Å². The third kappa shape index (κ3) is 3.03. The number of alkyl halides is 1. The number of ether oxygens (including phenoxy) is 1. The molecule has 0 aromatic heterocycles. The lowest BCUT2D eigenvalue weighted by atomic mass is 10.2. The quantitative estimate of drug-likeness (QED) is 0.849. The fourth-order valence-electron chi connectivity index (χ4n) is 1.16. The Labute approximate surface area is 105 Å². The standard InChI is InChI=1S/C11H13Cl2NO2/c1-6-4-9(14-11(15)7(2)12)10(16-3)5-8(6)13/h4-5,7H,1-3H3,(H,14,15). The van der Waals surface area contributed by atoms with Crippen molar-refractivity contribution in [2.75, 3.05) is 12.4 Å². The van der Waals surface area contributed by atoms with Crippen LogP contribution < -0.4 is 10.1 Å². The molecule has 0 aliphatic heterocycles. The van der Waals surface area contributed by atoms with Gasteiger partial charge in [0.05, 0.1) is 12.8 Å². The van der Waals surface area contributed by atoms with Gasteiger partial charge in [-0.3, -0.25) is 4.79 Å². The predicted octanol–water partition coefficient (Wildman–Crippen LogP) is 3.22. The highest BCUT2D eigenvalue weighted by Crippen LogP contribution is 2.31. The van der Waals surface area contributed by atoms with Crippen molar-refractivity contribution in [2.24, 2.45) is 0 Å². The van der Waals surface area contributed by atoms with E-state index in [1.54, 1.807) is 19.1 Å². The van der Waals surface area contributed by atoms with Crippen LogP contribution in [0.15, 0.2) is 12.1 Å². The number of hydrogen-bond donors (Lipinski definition) is 1. The third-order valence-electron chi connectivity index (χ3n) is 2.10. The van der Waals surface area contributed by atoms with Crippen LogP contribution in [0.4, 0.5) is 5.69 Å². The van der Waals surface area contributed by atoms with E-state index in [4.69, 9.17) is 27.9 Å². The van der Waals surface area contributed by atoms with Crippen LogP contribution in [0.1, 0.15) is 12.5 Å². The summed E-state index contributed by atoms with van der Waals surface area (Å²) in [5.74, 6) is 0.239. The van der Waals surface area contributed by atoms with Crippen LogP contribution in [0.2, 0.25) is 5.02 Å².